The third-order valence-electron chi connectivity index (χ3n) is 6.14. The van der Waals surface area contributed by atoms with Crippen LogP contribution in [0.25, 0.3) is 10.2 Å². The number of likely N-dealkylation sites (tertiary alicyclic amines) is 1. The molecule has 1 aliphatic heterocycles. The van der Waals surface area contributed by atoms with Crippen molar-refractivity contribution in [2.75, 3.05) is 13.1 Å². The van der Waals surface area contributed by atoms with Crippen molar-refractivity contribution in [1.29, 1.82) is 0 Å². The van der Waals surface area contributed by atoms with Gasteiger partial charge in [0.25, 0.3) is 5.56 Å². The van der Waals surface area contributed by atoms with Crippen molar-refractivity contribution in [3.05, 3.63) is 38.0 Å². The molecule has 1 saturated heterocycles. The number of thiophene rings is 1. The van der Waals surface area contributed by atoms with Gasteiger partial charge in [-0.25, -0.2) is 9.61 Å². The molecule has 0 saturated carbocycles. The largest absolute Gasteiger partial charge is 0.342 e. The molecule has 3 aromatic heterocycles. The normalized spacial score (nSPS) is 17.6. The second-order valence-corrected chi connectivity index (χ2v) is 9.05. The Morgan fingerprint density at radius 3 is 2.79 bits per heavy atom. The van der Waals surface area contributed by atoms with E-state index in [1.165, 1.54) is 16.9 Å². The molecule has 152 valence electrons. The fraction of sp³-hybridized carbons (Fsp3) is 0.550. The maximum Gasteiger partial charge on any atom is 0.259 e. The number of carbonyl (C=O) groups excluding carboxylic acids is 1. The summed E-state index contributed by atoms with van der Waals surface area (Å²) in [5, 5.41) is 8.33. The first-order valence-electron chi connectivity index (χ1n) is 10.2. The highest BCUT2D eigenvalue weighted by molar-refractivity contribution is 7.18. The van der Waals surface area contributed by atoms with Crippen molar-refractivity contribution in [2.45, 2.75) is 57.8 Å². The molecule has 2 aliphatic rings. The maximum absolute atomic E-state index is 12.8. The highest BCUT2D eigenvalue weighted by atomic mass is 32.1. The highest BCUT2D eigenvalue weighted by Gasteiger charge is 2.28. The van der Waals surface area contributed by atoms with Crippen LogP contribution in [0.15, 0.2) is 9.42 Å². The van der Waals surface area contributed by atoms with Crippen LogP contribution in [0.1, 0.15) is 59.3 Å². The SMILES string of the molecule is Cc1nonc1CC(=O)N1CCC(c2nc3sc4c(c3c(=O)[nH]2)CCCC4)CC1. The lowest BCUT2D eigenvalue weighted by Crippen LogP contribution is -2.39. The minimum atomic E-state index is -0.00286. The minimum Gasteiger partial charge on any atom is -0.342 e. The Labute approximate surface area is 171 Å². The average Bonchev–Trinajstić information content (AvgIpc) is 3.31. The summed E-state index contributed by atoms with van der Waals surface area (Å²) in [6.45, 7) is 3.08. The first-order chi connectivity index (χ1) is 14.1. The summed E-state index contributed by atoms with van der Waals surface area (Å²) in [5.74, 6) is 0.973. The van der Waals surface area contributed by atoms with E-state index in [2.05, 4.69) is 19.9 Å². The van der Waals surface area contributed by atoms with Crippen molar-refractivity contribution in [2.24, 2.45) is 0 Å². The Hall–Kier alpha value is -2.55. The smallest absolute Gasteiger partial charge is 0.259 e. The third-order valence-corrected chi connectivity index (χ3v) is 7.33. The molecule has 0 spiro atoms. The molecule has 0 aromatic carbocycles. The van der Waals surface area contributed by atoms with Gasteiger partial charge in [0.05, 0.1) is 11.8 Å². The van der Waals surface area contributed by atoms with Gasteiger partial charge in [-0.2, -0.15) is 0 Å². The van der Waals surface area contributed by atoms with Crippen LogP contribution in [-0.4, -0.2) is 44.2 Å². The molecule has 0 bridgehead atoms. The molecule has 4 heterocycles. The monoisotopic (exact) mass is 413 g/mol. The predicted molar refractivity (Wildman–Crippen MR) is 108 cm³/mol. The van der Waals surface area contributed by atoms with Gasteiger partial charge in [0.1, 0.15) is 22.0 Å². The molecule has 1 fully saturated rings. The molecule has 8 nitrogen and oxygen atoms in total. The number of nitrogens with one attached hydrogen (secondary N) is 1. The van der Waals surface area contributed by atoms with Gasteiger partial charge >= 0.3 is 0 Å². The van der Waals surface area contributed by atoms with Crippen LogP contribution in [0.3, 0.4) is 0 Å². The van der Waals surface area contributed by atoms with E-state index in [1.807, 2.05) is 4.90 Å². The lowest BCUT2D eigenvalue weighted by atomic mass is 9.95. The lowest BCUT2D eigenvalue weighted by molar-refractivity contribution is -0.131. The molecule has 1 amide bonds. The van der Waals surface area contributed by atoms with Gasteiger partial charge in [-0.05, 0) is 51.0 Å². The molecule has 0 unspecified atom stereocenters. The van der Waals surface area contributed by atoms with Gasteiger partial charge in [0.2, 0.25) is 5.91 Å². The molecule has 0 atom stereocenters. The van der Waals surface area contributed by atoms with Crippen molar-refractivity contribution >= 4 is 27.5 Å². The Morgan fingerprint density at radius 2 is 2.03 bits per heavy atom. The number of carbonyl (C=O) groups is 1. The molecule has 3 aromatic rings. The maximum atomic E-state index is 12.8. The summed E-state index contributed by atoms with van der Waals surface area (Å²) in [7, 11) is 0. The summed E-state index contributed by atoms with van der Waals surface area (Å²) in [4.78, 5) is 37.3. The zero-order valence-corrected chi connectivity index (χ0v) is 17.2. The van der Waals surface area contributed by atoms with Crippen molar-refractivity contribution in [3.8, 4) is 0 Å². The Morgan fingerprint density at radius 1 is 1.24 bits per heavy atom. The number of rotatable bonds is 3. The summed E-state index contributed by atoms with van der Waals surface area (Å²) >= 11 is 1.68. The van der Waals surface area contributed by atoms with E-state index >= 15 is 0 Å². The zero-order valence-electron chi connectivity index (χ0n) is 16.4. The van der Waals surface area contributed by atoms with Crippen LogP contribution in [-0.2, 0) is 24.1 Å². The van der Waals surface area contributed by atoms with Gasteiger partial charge in [-0.1, -0.05) is 10.3 Å². The van der Waals surface area contributed by atoms with E-state index in [1.54, 1.807) is 18.3 Å². The number of aryl methyl sites for hydroxylation is 3. The van der Waals surface area contributed by atoms with Gasteiger partial charge in [0.15, 0.2) is 0 Å². The second kappa shape index (κ2) is 7.37. The number of H-pyrrole nitrogens is 1. The molecular weight excluding hydrogens is 390 g/mol. The minimum absolute atomic E-state index is 0.00286. The average molecular weight is 414 g/mol. The predicted octanol–water partition coefficient (Wildman–Crippen LogP) is 2.50. The first kappa shape index (κ1) is 18.5. The van der Waals surface area contributed by atoms with Crippen LogP contribution >= 0.6 is 11.3 Å². The van der Waals surface area contributed by atoms with Crippen LogP contribution < -0.4 is 5.56 Å². The fourth-order valence-corrected chi connectivity index (χ4v) is 5.71. The van der Waals surface area contributed by atoms with E-state index in [4.69, 9.17) is 4.98 Å². The quantitative estimate of drug-likeness (QED) is 0.707. The molecule has 1 N–H and O–H groups in total. The Balaban J connectivity index is 1.30. The number of amides is 1. The van der Waals surface area contributed by atoms with E-state index in [0.717, 1.165) is 48.1 Å². The van der Waals surface area contributed by atoms with E-state index in [-0.39, 0.29) is 23.8 Å². The van der Waals surface area contributed by atoms with E-state index in [9.17, 15) is 9.59 Å². The number of hydrogen-bond acceptors (Lipinski definition) is 7. The summed E-state index contributed by atoms with van der Waals surface area (Å²) in [5.41, 5.74) is 2.46. The highest BCUT2D eigenvalue weighted by Crippen LogP contribution is 2.35. The number of hydrogen-bond donors (Lipinski definition) is 1. The van der Waals surface area contributed by atoms with E-state index < -0.39 is 0 Å². The second-order valence-electron chi connectivity index (χ2n) is 7.97. The lowest BCUT2D eigenvalue weighted by Gasteiger charge is -2.31. The molecule has 0 radical (unpaired) electrons. The molecule has 29 heavy (non-hydrogen) atoms. The van der Waals surface area contributed by atoms with E-state index in [0.29, 0.717) is 24.5 Å². The molecular formula is C20H23N5O3S. The summed E-state index contributed by atoms with van der Waals surface area (Å²) in [6.07, 6.45) is 6.19. The Bertz CT molecular complexity index is 1120. The summed E-state index contributed by atoms with van der Waals surface area (Å²) in [6, 6.07) is 0. The number of nitrogens with zero attached hydrogens (tertiary/aromatic N) is 4. The fourth-order valence-electron chi connectivity index (χ4n) is 4.44. The van der Waals surface area contributed by atoms with Crippen LogP contribution in [0.4, 0.5) is 0 Å². The standard InChI is InChI=1S/C20H23N5O3S/c1-11-14(24-28-23-11)10-16(26)25-8-6-12(7-9-25)18-21-19(27)17-13-4-2-3-5-15(13)29-20(17)22-18/h12H,2-10H2,1H3,(H,21,22,27). The van der Waals surface area contributed by atoms with Crippen molar-refractivity contribution < 1.29 is 9.42 Å². The van der Waals surface area contributed by atoms with Crippen LogP contribution in [0, 0.1) is 6.92 Å². The molecule has 1 aliphatic carbocycles. The van der Waals surface area contributed by atoms with Crippen LogP contribution in [0.5, 0.6) is 0 Å². The van der Waals surface area contributed by atoms with Crippen molar-refractivity contribution in [3.63, 3.8) is 0 Å². The van der Waals surface area contributed by atoms with Crippen LogP contribution in [0.2, 0.25) is 0 Å². The van der Waals surface area contributed by atoms with Gasteiger partial charge < -0.3 is 9.88 Å². The van der Waals surface area contributed by atoms with Gasteiger partial charge in [-0.3, -0.25) is 9.59 Å². The van der Waals surface area contributed by atoms with Gasteiger partial charge in [0, 0.05) is 23.9 Å². The zero-order chi connectivity index (χ0) is 20.0. The topological polar surface area (TPSA) is 105 Å². The van der Waals surface area contributed by atoms with Gasteiger partial charge in [-0.15, -0.1) is 11.3 Å². The third kappa shape index (κ3) is 3.37. The number of piperidine rings is 1. The van der Waals surface area contributed by atoms with Crippen molar-refractivity contribution in [1.82, 2.24) is 25.2 Å². The number of fused-ring (bicyclic) bond motifs is 3. The number of aromatic nitrogens is 4. The summed E-state index contributed by atoms with van der Waals surface area (Å²) < 4.78 is 4.67. The molecule has 5 rings (SSSR count). The molecule has 9 heteroatoms. The number of aromatic amines is 1. The Kier molecular flexibility index (Phi) is 4.69. The first-order valence-corrected chi connectivity index (χ1v) is 11.0.